The van der Waals surface area contributed by atoms with Gasteiger partial charge < -0.3 is 4.74 Å². The normalized spacial score (nSPS) is 11.9. The molecule has 0 radical (unpaired) electrons. The van der Waals surface area contributed by atoms with Gasteiger partial charge in [-0.05, 0) is 23.8 Å². The van der Waals surface area contributed by atoms with E-state index in [1.54, 1.807) is 24.5 Å². The van der Waals surface area contributed by atoms with Crippen LogP contribution in [0.4, 0.5) is 0 Å². The number of nitrogens with zero attached hydrogens (tertiary/aromatic N) is 2. The molecule has 2 aromatic rings. The summed E-state index contributed by atoms with van der Waals surface area (Å²) >= 11 is 18.0. The first-order valence-corrected chi connectivity index (χ1v) is 9.46. The number of hydrogen-bond acceptors (Lipinski definition) is 4. The summed E-state index contributed by atoms with van der Waals surface area (Å²) in [4.78, 5) is 3.83. The van der Waals surface area contributed by atoms with Crippen LogP contribution in [0.1, 0.15) is 5.56 Å². The number of methoxy groups -OCH3 is 1. The molecular weight excluding hydrogens is 395 g/mol. The van der Waals surface area contributed by atoms with Crippen LogP contribution in [0.3, 0.4) is 0 Å². The highest BCUT2D eigenvalue weighted by atomic mass is 35.5. The van der Waals surface area contributed by atoms with E-state index in [2.05, 4.69) is 4.98 Å². The average Bonchev–Trinajstić information content (AvgIpc) is 2.51. The van der Waals surface area contributed by atoms with Crippen LogP contribution in [-0.2, 0) is 21.3 Å². The first-order valence-electron chi connectivity index (χ1n) is 6.89. The molecule has 0 spiro atoms. The van der Waals surface area contributed by atoms with Crippen LogP contribution in [0.2, 0.25) is 15.1 Å². The van der Waals surface area contributed by atoms with Gasteiger partial charge in [-0.25, -0.2) is 8.42 Å². The number of pyridine rings is 1. The Morgan fingerprint density at radius 1 is 1.21 bits per heavy atom. The van der Waals surface area contributed by atoms with Crippen LogP contribution < -0.4 is 0 Å². The van der Waals surface area contributed by atoms with E-state index in [0.717, 1.165) is 5.56 Å². The molecule has 0 fully saturated rings. The summed E-state index contributed by atoms with van der Waals surface area (Å²) in [5.41, 5.74) is 0.735. The van der Waals surface area contributed by atoms with Crippen LogP contribution >= 0.6 is 34.8 Å². The van der Waals surface area contributed by atoms with Crippen molar-refractivity contribution in [2.24, 2.45) is 0 Å². The van der Waals surface area contributed by atoms with Gasteiger partial charge in [0.2, 0.25) is 10.0 Å². The number of rotatable bonds is 7. The first kappa shape index (κ1) is 19.4. The minimum absolute atomic E-state index is 0.0268. The Labute approximate surface area is 156 Å². The maximum absolute atomic E-state index is 13.0. The monoisotopic (exact) mass is 408 g/mol. The molecular formula is C15H15Cl3N2O3S. The molecule has 0 aliphatic heterocycles. The van der Waals surface area contributed by atoms with Crippen molar-refractivity contribution in [1.29, 1.82) is 0 Å². The molecule has 2 rings (SSSR count). The number of benzene rings is 1. The molecule has 0 bridgehead atoms. The molecule has 0 saturated carbocycles. The molecule has 24 heavy (non-hydrogen) atoms. The summed E-state index contributed by atoms with van der Waals surface area (Å²) in [6.45, 7) is 0.486. The molecule has 0 unspecified atom stereocenters. The summed E-state index contributed by atoms with van der Waals surface area (Å²) in [6.07, 6.45) is 3.21. The maximum atomic E-state index is 13.0. The van der Waals surface area contributed by atoms with Crippen molar-refractivity contribution in [3.05, 3.63) is 57.3 Å². The standard InChI is InChI=1S/C15H15Cl3N2O3S/c1-23-6-5-20(10-11-3-2-4-19-9-11)24(21,22)15-13(17)7-12(16)8-14(15)18/h2-4,7-9H,5-6,10H2,1H3. The average molecular weight is 410 g/mol. The van der Waals surface area contributed by atoms with Crippen molar-refractivity contribution in [3.63, 3.8) is 0 Å². The molecule has 1 aromatic carbocycles. The summed E-state index contributed by atoms with van der Waals surface area (Å²) in [7, 11) is -2.45. The van der Waals surface area contributed by atoms with Crippen molar-refractivity contribution in [2.75, 3.05) is 20.3 Å². The molecule has 0 amide bonds. The third-order valence-corrected chi connectivity index (χ3v) is 6.17. The zero-order chi connectivity index (χ0) is 17.7. The number of halogens is 3. The van der Waals surface area contributed by atoms with Gasteiger partial charge in [0, 0.05) is 37.6 Å². The predicted octanol–water partition coefficient (Wildman–Crippen LogP) is 3.88. The van der Waals surface area contributed by atoms with Crippen molar-refractivity contribution in [1.82, 2.24) is 9.29 Å². The number of aromatic nitrogens is 1. The zero-order valence-corrected chi connectivity index (χ0v) is 15.8. The zero-order valence-electron chi connectivity index (χ0n) is 12.7. The van der Waals surface area contributed by atoms with Gasteiger partial charge in [-0.1, -0.05) is 40.9 Å². The Morgan fingerprint density at radius 2 is 1.88 bits per heavy atom. The van der Waals surface area contributed by atoms with E-state index in [0.29, 0.717) is 0 Å². The molecule has 0 N–H and O–H groups in total. The fourth-order valence-electron chi connectivity index (χ4n) is 2.08. The summed E-state index contributed by atoms with van der Waals surface area (Å²) < 4.78 is 32.3. The fraction of sp³-hybridized carbons (Fsp3) is 0.267. The molecule has 1 aromatic heterocycles. The van der Waals surface area contributed by atoms with Crippen molar-refractivity contribution < 1.29 is 13.2 Å². The third kappa shape index (κ3) is 4.59. The van der Waals surface area contributed by atoms with E-state index >= 15 is 0 Å². The third-order valence-electron chi connectivity index (χ3n) is 3.19. The lowest BCUT2D eigenvalue weighted by Gasteiger charge is -2.23. The van der Waals surface area contributed by atoms with Gasteiger partial charge in [0.15, 0.2) is 0 Å². The van der Waals surface area contributed by atoms with Crippen LogP contribution in [0, 0.1) is 0 Å². The predicted molar refractivity (Wildman–Crippen MR) is 95.2 cm³/mol. The van der Waals surface area contributed by atoms with Crippen LogP contribution in [0.5, 0.6) is 0 Å². The van der Waals surface area contributed by atoms with Gasteiger partial charge in [-0.2, -0.15) is 4.31 Å². The van der Waals surface area contributed by atoms with Gasteiger partial charge in [0.25, 0.3) is 0 Å². The minimum atomic E-state index is -3.95. The second kappa shape index (κ2) is 8.47. The Kier molecular flexibility index (Phi) is 6.86. The SMILES string of the molecule is COCCN(Cc1cccnc1)S(=O)(=O)c1c(Cl)cc(Cl)cc1Cl. The van der Waals surface area contributed by atoms with Crippen LogP contribution in [0.25, 0.3) is 0 Å². The number of sulfonamides is 1. The second-order valence-electron chi connectivity index (χ2n) is 4.89. The Balaban J connectivity index is 2.44. The minimum Gasteiger partial charge on any atom is -0.383 e. The number of hydrogen-bond donors (Lipinski definition) is 0. The van der Waals surface area contributed by atoms with E-state index in [1.807, 2.05) is 0 Å². The smallest absolute Gasteiger partial charge is 0.246 e. The quantitative estimate of drug-likeness (QED) is 0.696. The first-order chi connectivity index (χ1) is 11.4. The highest BCUT2D eigenvalue weighted by Gasteiger charge is 2.29. The molecule has 130 valence electrons. The molecule has 0 aliphatic carbocycles. The van der Waals surface area contributed by atoms with Crippen LogP contribution in [-0.4, -0.2) is 38.0 Å². The topological polar surface area (TPSA) is 59.5 Å². The van der Waals surface area contributed by atoms with Crippen molar-refractivity contribution in [3.8, 4) is 0 Å². The van der Waals surface area contributed by atoms with E-state index in [4.69, 9.17) is 39.5 Å². The summed E-state index contributed by atoms with van der Waals surface area (Å²) in [5.74, 6) is 0. The Morgan fingerprint density at radius 3 is 2.42 bits per heavy atom. The van der Waals surface area contributed by atoms with Gasteiger partial charge in [-0.15, -0.1) is 0 Å². The van der Waals surface area contributed by atoms with Gasteiger partial charge in [0.05, 0.1) is 16.7 Å². The molecule has 0 aliphatic rings. The van der Waals surface area contributed by atoms with Crippen molar-refractivity contribution >= 4 is 44.8 Å². The summed E-state index contributed by atoms with van der Waals surface area (Å²) in [6, 6.07) is 6.22. The van der Waals surface area contributed by atoms with E-state index < -0.39 is 10.0 Å². The van der Waals surface area contributed by atoms with Crippen molar-refractivity contribution in [2.45, 2.75) is 11.4 Å². The fourth-order valence-corrected chi connectivity index (χ4v) is 4.98. The van der Waals surface area contributed by atoms with Crippen LogP contribution in [0.15, 0.2) is 41.6 Å². The van der Waals surface area contributed by atoms with Gasteiger partial charge in [-0.3, -0.25) is 4.98 Å². The van der Waals surface area contributed by atoms with E-state index in [1.165, 1.54) is 23.5 Å². The molecule has 5 nitrogen and oxygen atoms in total. The van der Waals surface area contributed by atoms with Gasteiger partial charge in [0.1, 0.15) is 4.90 Å². The second-order valence-corrected chi connectivity index (χ2v) is 8.02. The Hall–Kier alpha value is -0.890. The molecule has 1 heterocycles. The van der Waals surface area contributed by atoms with Gasteiger partial charge >= 0.3 is 0 Å². The number of ether oxygens (including phenoxy) is 1. The lowest BCUT2D eigenvalue weighted by molar-refractivity contribution is 0.177. The molecule has 9 heteroatoms. The summed E-state index contributed by atoms with van der Waals surface area (Å²) in [5, 5.41) is 0.210. The highest BCUT2D eigenvalue weighted by molar-refractivity contribution is 7.89. The van der Waals surface area contributed by atoms with E-state index in [9.17, 15) is 8.42 Å². The Bertz CT molecular complexity index is 778. The highest BCUT2D eigenvalue weighted by Crippen LogP contribution is 2.35. The largest absolute Gasteiger partial charge is 0.383 e. The molecule has 0 saturated heterocycles. The van der Waals surface area contributed by atoms with E-state index in [-0.39, 0.29) is 39.7 Å². The lowest BCUT2D eigenvalue weighted by Crippen LogP contribution is -2.34. The lowest BCUT2D eigenvalue weighted by atomic mass is 10.3. The molecule has 0 atom stereocenters. The maximum Gasteiger partial charge on any atom is 0.246 e.